The van der Waals surface area contributed by atoms with Gasteiger partial charge in [-0.1, -0.05) is 25.1 Å². The summed E-state index contributed by atoms with van der Waals surface area (Å²) in [4.78, 5) is 0. The molecule has 0 aliphatic carbocycles. The zero-order chi connectivity index (χ0) is 13.9. The summed E-state index contributed by atoms with van der Waals surface area (Å²) in [5.41, 5.74) is 1.06. The van der Waals surface area contributed by atoms with Crippen LogP contribution in [0.4, 0.5) is 0 Å². The van der Waals surface area contributed by atoms with E-state index in [1.54, 1.807) is 0 Å². The first-order valence-electron chi connectivity index (χ1n) is 6.88. The largest absolute Gasteiger partial charge is 0.487 e. The van der Waals surface area contributed by atoms with Gasteiger partial charge in [0.2, 0.25) is 0 Å². The highest BCUT2D eigenvalue weighted by Gasteiger charge is 2.33. The Labute approximate surface area is 118 Å². The second kappa shape index (κ2) is 6.06. The molecule has 0 bridgehead atoms. The van der Waals surface area contributed by atoms with E-state index in [1.165, 1.54) is 5.56 Å². The van der Waals surface area contributed by atoms with Crippen molar-refractivity contribution in [1.82, 2.24) is 5.32 Å². The molecule has 0 spiro atoms. The van der Waals surface area contributed by atoms with Crippen LogP contribution in [-0.2, 0) is 10.8 Å². The van der Waals surface area contributed by atoms with E-state index < -0.39 is 10.8 Å². The Bertz CT molecular complexity index is 459. The van der Waals surface area contributed by atoms with Gasteiger partial charge in [0.25, 0.3) is 0 Å². The van der Waals surface area contributed by atoms with Gasteiger partial charge in [-0.05, 0) is 19.9 Å². The van der Waals surface area contributed by atoms with Gasteiger partial charge in [-0.15, -0.1) is 0 Å². The summed E-state index contributed by atoms with van der Waals surface area (Å²) in [6.07, 6.45) is 0.933. The van der Waals surface area contributed by atoms with Gasteiger partial charge in [-0.25, -0.2) is 0 Å². The Morgan fingerprint density at radius 1 is 1.42 bits per heavy atom. The van der Waals surface area contributed by atoms with Gasteiger partial charge < -0.3 is 10.1 Å². The second-order valence-electron chi connectivity index (χ2n) is 5.54. The fraction of sp³-hybridized carbons (Fsp3) is 0.600. The Hall–Kier alpha value is -0.870. The maximum atomic E-state index is 11.5. The summed E-state index contributed by atoms with van der Waals surface area (Å²) >= 11 is 0. The third kappa shape index (κ3) is 3.80. The van der Waals surface area contributed by atoms with Crippen molar-refractivity contribution in [3.05, 3.63) is 29.8 Å². The maximum Gasteiger partial charge on any atom is 0.124 e. The van der Waals surface area contributed by atoms with Crippen molar-refractivity contribution < 1.29 is 8.95 Å². The molecule has 3 nitrogen and oxygen atoms in total. The molecule has 1 heterocycles. The molecule has 0 saturated carbocycles. The van der Waals surface area contributed by atoms with Crippen molar-refractivity contribution in [1.29, 1.82) is 0 Å². The molecule has 1 aliphatic rings. The minimum Gasteiger partial charge on any atom is -0.487 e. The average Bonchev–Trinajstić information content (AvgIpc) is 2.37. The topological polar surface area (TPSA) is 38.3 Å². The molecule has 1 aliphatic heterocycles. The minimum atomic E-state index is -0.702. The van der Waals surface area contributed by atoms with E-state index >= 15 is 0 Å². The lowest BCUT2D eigenvalue weighted by atomic mass is 9.90. The van der Waals surface area contributed by atoms with Gasteiger partial charge in [0.15, 0.2) is 0 Å². The lowest BCUT2D eigenvalue weighted by Gasteiger charge is -2.38. The van der Waals surface area contributed by atoms with Gasteiger partial charge in [-0.2, -0.15) is 0 Å². The number of ether oxygens (including phenoxy) is 1. The third-order valence-electron chi connectivity index (χ3n) is 3.42. The predicted molar refractivity (Wildman–Crippen MR) is 80.1 cm³/mol. The summed E-state index contributed by atoms with van der Waals surface area (Å²) in [6, 6.07) is 8.46. The van der Waals surface area contributed by atoms with E-state index in [-0.39, 0.29) is 11.6 Å². The SMILES string of the molecule is CCS(=O)CCNC1CC(C)(C)Oc2ccccc21. The normalized spacial score (nSPS) is 22.4. The Morgan fingerprint density at radius 2 is 2.16 bits per heavy atom. The molecule has 0 fully saturated rings. The smallest absolute Gasteiger partial charge is 0.124 e. The lowest BCUT2D eigenvalue weighted by Crippen LogP contribution is -2.40. The van der Waals surface area contributed by atoms with Crippen LogP contribution in [0.5, 0.6) is 5.75 Å². The number of rotatable bonds is 5. The summed E-state index contributed by atoms with van der Waals surface area (Å²) in [5.74, 6) is 2.42. The Kier molecular flexibility index (Phi) is 4.63. The molecular weight excluding hydrogens is 258 g/mol. The second-order valence-corrected chi connectivity index (χ2v) is 7.41. The predicted octanol–water partition coefficient (Wildman–Crippen LogP) is 2.65. The van der Waals surface area contributed by atoms with Crippen molar-refractivity contribution in [3.63, 3.8) is 0 Å². The first kappa shape index (κ1) is 14.5. The lowest BCUT2D eigenvalue weighted by molar-refractivity contribution is 0.0665. The van der Waals surface area contributed by atoms with Crippen LogP contribution < -0.4 is 10.1 Å². The van der Waals surface area contributed by atoms with Gasteiger partial charge in [0, 0.05) is 46.9 Å². The van der Waals surface area contributed by atoms with E-state index in [4.69, 9.17) is 4.74 Å². The van der Waals surface area contributed by atoms with Gasteiger partial charge in [0.1, 0.15) is 11.4 Å². The fourth-order valence-corrected chi connectivity index (χ4v) is 3.11. The third-order valence-corrected chi connectivity index (χ3v) is 4.72. The van der Waals surface area contributed by atoms with Crippen LogP contribution in [0.25, 0.3) is 0 Å². The highest BCUT2D eigenvalue weighted by molar-refractivity contribution is 7.84. The van der Waals surface area contributed by atoms with Crippen molar-refractivity contribution in [2.75, 3.05) is 18.1 Å². The molecular formula is C15H23NO2S. The van der Waals surface area contributed by atoms with Crippen molar-refractivity contribution in [2.45, 2.75) is 38.8 Å². The highest BCUT2D eigenvalue weighted by atomic mass is 32.2. The first-order chi connectivity index (χ1) is 9.02. The minimum absolute atomic E-state index is 0.157. The van der Waals surface area contributed by atoms with Crippen LogP contribution in [-0.4, -0.2) is 27.9 Å². The van der Waals surface area contributed by atoms with Crippen LogP contribution in [0.3, 0.4) is 0 Å². The van der Waals surface area contributed by atoms with Gasteiger partial charge in [-0.3, -0.25) is 4.21 Å². The molecule has 0 radical (unpaired) electrons. The van der Waals surface area contributed by atoms with E-state index in [0.29, 0.717) is 0 Å². The van der Waals surface area contributed by atoms with Crippen molar-refractivity contribution in [3.8, 4) is 5.75 Å². The summed E-state index contributed by atoms with van der Waals surface area (Å²) < 4.78 is 17.5. The summed E-state index contributed by atoms with van der Waals surface area (Å²) in [6.45, 7) is 6.97. The molecule has 2 unspecified atom stereocenters. The molecule has 19 heavy (non-hydrogen) atoms. The molecule has 0 saturated heterocycles. The zero-order valence-electron chi connectivity index (χ0n) is 11.9. The molecule has 106 valence electrons. The monoisotopic (exact) mass is 281 g/mol. The number of hydrogen-bond acceptors (Lipinski definition) is 3. The molecule has 1 aromatic carbocycles. The quantitative estimate of drug-likeness (QED) is 0.901. The van der Waals surface area contributed by atoms with E-state index in [2.05, 4.69) is 25.2 Å². The number of fused-ring (bicyclic) bond motifs is 1. The van der Waals surface area contributed by atoms with Crippen LogP contribution in [0.2, 0.25) is 0 Å². The molecule has 4 heteroatoms. The molecule has 0 aromatic heterocycles. The molecule has 2 atom stereocenters. The first-order valence-corrected chi connectivity index (χ1v) is 8.37. The number of para-hydroxylation sites is 1. The number of benzene rings is 1. The van der Waals surface area contributed by atoms with Crippen molar-refractivity contribution >= 4 is 10.8 Å². The van der Waals surface area contributed by atoms with Gasteiger partial charge >= 0.3 is 0 Å². The van der Waals surface area contributed by atoms with E-state index in [9.17, 15) is 4.21 Å². The van der Waals surface area contributed by atoms with Crippen LogP contribution in [0.15, 0.2) is 24.3 Å². The average molecular weight is 281 g/mol. The maximum absolute atomic E-state index is 11.5. The van der Waals surface area contributed by atoms with E-state index in [0.717, 1.165) is 30.2 Å². The number of hydrogen-bond donors (Lipinski definition) is 1. The van der Waals surface area contributed by atoms with Crippen LogP contribution >= 0.6 is 0 Å². The summed E-state index contributed by atoms with van der Waals surface area (Å²) in [5, 5.41) is 3.53. The Balaban J connectivity index is 2.05. The molecule has 0 amide bonds. The molecule has 1 N–H and O–H groups in total. The molecule has 1 aromatic rings. The fourth-order valence-electron chi connectivity index (χ4n) is 2.48. The molecule has 2 rings (SSSR count). The Morgan fingerprint density at radius 3 is 2.89 bits per heavy atom. The van der Waals surface area contributed by atoms with Crippen LogP contribution in [0, 0.1) is 0 Å². The zero-order valence-corrected chi connectivity index (χ0v) is 12.8. The summed E-state index contributed by atoms with van der Waals surface area (Å²) in [7, 11) is -0.702. The van der Waals surface area contributed by atoms with Gasteiger partial charge in [0.05, 0.1) is 0 Å². The van der Waals surface area contributed by atoms with Crippen molar-refractivity contribution in [2.24, 2.45) is 0 Å². The highest BCUT2D eigenvalue weighted by Crippen LogP contribution is 2.38. The standard InChI is InChI=1S/C15H23NO2S/c1-4-19(17)10-9-16-13-11-15(2,3)18-14-8-6-5-7-12(13)14/h5-8,13,16H,4,9-11H2,1-3H3. The number of nitrogens with one attached hydrogen (secondary N) is 1. The van der Waals surface area contributed by atoms with E-state index in [1.807, 2.05) is 25.1 Å². The van der Waals surface area contributed by atoms with Crippen LogP contribution in [0.1, 0.15) is 38.8 Å².